The molecule has 186 valence electrons. The van der Waals surface area contributed by atoms with Crippen LogP contribution in [-0.2, 0) is 0 Å². The van der Waals surface area contributed by atoms with E-state index in [1.165, 1.54) is 18.1 Å². The van der Waals surface area contributed by atoms with Crippen LogP contribution in [0.4, 0.5) is 4.39 Å². The molecule has 36 heavy (non-hydrogen) atoms. The van der Waals surface area contributed by atoms with Gasteiger partial charge in [-0.25, -0.2) is 9.37 Å². The van der Waals surface area contributed by atoms with Crippen molar-refractivity contribution in [2.45, 2.75) is 76.7 Å². The first-order valence-corrected chi connectivity index (χ1v) is 13.3. The number of aryl methyl sites for hydroxylation is 1. The van der Waals surface area contributed by atoms with Crippen LogP contribution in [0.15, 0.2) is 42.6 Å². The zero-order chi connectivity index (χ0) is 24.8. The molecule has 1 atom stereocenters. The van der Waals surface area contributed by atoms with Crippen molar-refractivity contribution in [3.8, 4) is 0 Å². The Bertz CT molecular complexity index is 1430. The van der Waals surface area contributed by atoms with E-state index < -0.39 is 0 Å². The van der Waals surface area contributed by atoms with Crippen LogP contribution in [0.5, 0.6) is 0 Å². The van der Waals surface area contributed by atoms with E-state index in [2.05, 4.69) is 28.3 Å². The number of carbonyl (C=O) groups excluding carboxylic acids is 1. The van der Waals surface area contributed by atoms with E-state index in [1.54, 1.807) is 12.1 Å². The topological polar surface area (TPSA) is 70.7 Å². The number of pyridine rings is 1. The van der Waals surface area contributed by atoms with Gasteiger partial charge in [-0.3, -0.25) is 9.78 Å². The highest BCUT2D eigenvalue weighted by Gasteiger charge is 2.29. The van der Waals surface area contributed by atoms with Crippen molar-refractivity contribution in [2.75, 3.05) is 0 Å². The molecule has 2 N–H and O–H groups in total. The van der Waals surface area contributed by atoms with Crippen molar-refractivity contribution in [3.05, 3.63) is 70.9 Å². The van der Waals surface area contributed by atoms with Crippen molar-refractivity contribution in [2.24, 2.45) is 5.92 Å². The second-order valence-corrected chi connectivity index (χ2v) is 10.9. The van der Waals surface area contributed by atoms with E-state index in [1.807, 2.05) is 25.3 Å². The van der Waals surface area contributed by atoms with Gasteiger partial charge in [0.25, 0.3) is 5.91 Å². The van der Waals surface area contributed by atoms with Crippen LogP contribution >= 0.6 is 0 Å². The van der Waals surface area contributed by atoms with Crippen LogP contribution in [0.3, 0.4) is 0 Å². The molecule has 1 amide bonds. The summed E-state index contributed by atoms with van der Waals surface area (Å²) in [5, 5.41) is 4.08. The van der Waals surface area contributed by atoms with Gasteiger partial charge >= 0.3 is 0 Å². The van der Waals surface area contributed by atoms with E-state index in [9.17, 15) is 9.18 Å². The second-order valence-electron chi connectivity index (χ2n) is 10.9. The summed E-state index contributed by atoms with van der Waals surface area (Å²) in [7, 11) is 0. The number of imidazole rings is 1. The lowest BCUT2D eigenvalue weighted by Gasteiger charge is -2.32. The zero-order valence-electron chi connectivity index (χ0n) is 21.0. The van der Waals surface area contributed by atoms with Gasteiger partial charge in [-0.15, -0.1) is 0 Å². The number of nitrogens with one attached hydrogen (secondary N) is 2. The van der Waals surface area contributed by atoms with Crippen molar-refractivity contribution >= 4 is 27.8 Å². The SMILES string of the molecule is Cc1cc(C(=O)NC2CCC2)cc2[nH]c([C@@H](C)C3CCC(c4ccnc5ccc(F)cc45)CC3)nc12. The summed E-state index contributed by atoms with van der Waals surface area (Å²) >= 11 is 0. The number of nitrogens with zero attached hydrogens (tertiary/aromatic N) is 2. The molecule has 6 rings (SSSR count). The fourth-order valence-corrected chi connectivity index (χ4v) is 6.13. The van der Waals surface area contributed by atoms with Crippen molar-refractivity contribution in [3.63, 3.8) is 0 Å². The first kappa shape index (κ1) is 23.1. The van der Waals surface area contributed by atoms with Crippen LogP contribution < -0.4 is 5.32 Å². The molecule has 0 bridgehead atoms. The third-order valence-electron chi connectivity index (χ3n) is 8.59. The van der Waals surface area contributed by atoms with Crippen LogP contribution in [0, 0.1) is 18.7 Å². The van der Waals surface area contributed by atoms with E-state index in [-0.39, 0.29) is 11.7 Å². The van der Waals surface area contributed by atoms with Crippen molar-refractivity contribution in [1.29, 1.82) is 0 Å². The molecule has 0 spiro atoms. The number of aromatic nitrogens is 3. The predicted molar refractivity (Wildman–Crippen MR) is 141 cm³/mol. The summed E-state index contributed by atoms with van der Waals surface area (Å²) in [6, 6.07) is 11.2. The third-order valence-corrected chi connectivity index (χ3v) is 8.59. The standard InChI is InChI=1S/C30H33FN4O/c1-17-14-21(30(36)33-23-4-3-5-23)15-27-28(17)35-29(34-27)18(2)19-6-8-20(9-7-19)24-12-13-32-26-11-10-22(31)16-25(24)26/h10-16,18-20,23H,3-9H2,1-2H3,(H,33,36)(H,34,35)/t18-,19?,20?/m0/s1. The molecule has 4 aromatic rings. The van der Waals surface area contributed by atoms with E-state index in [4.69, 9.17) is 4.98 Å². The summed E-state index contributed by atoms with van der Waals surface area (Å²) in [6.45, 7) is 4.30. The average molecular weight is 485 g/mol. The third kappa shape index (κ3) is 4.27. The average Bonchev–Trinajstić information content (AvgIpc) is 3.30. The Balaban J connectivity index is 1.17. The number of hydrogen-bond donors (Lipinski definition) is 2. The summed E-state index contributed by atoms with van der Waals surface area (Å²) in [4.78, 5) is 25.6. The molecule has 2 aromatic carbocycles. The molecule has 0 aliphatic heterocycles. The number of H-pyrrole nitrogens is 1. The van der Waals surface area contributed by atoms with Crippen molar-refractivity contribution in [1.82, 2.24) is 20.3 Å². The predicted octanol–water partition coefficient (Wildman–Crippen LogP) is 6.92. The maximum atomic E-state index is 13.9. The van der Waals surface area contributed by atoms with Crippen LogP contribution in [-0.4, -0.2) is 26.9 Å². The molecule has 0 unspecified atom stereocenters. The number of amides is 1. The molecule has 2 aliphatic rings. The highest BCUT2D eigenvalue weighted by atomic mass is 19.1. The molecule has 2 aliphatic carbocycles. The molecule has 2 saturated carbocycles. The summed E-state index contributed by atoms with van der Waals surface area (Å²) in [6.07, 6.45) is 9.58. The largest absolute Gasteiger partial charge is 0.349 e. The normalized spacial score (nSPS) is 21.4. The molecule has 0 saturated heterocycles. The van der Waals surface area contributed by atoms with Gasteiger partial charge in [-0.1, -0.05) is 6.92 Å². The molecule has 0 radical (unpaired) electrons. The smallest absolute Gasteiger partial charge is 0.251 e. The van der Waals surface area contributed by atoms with Gasteiger partial charge in [0, 0.05) is 29.1 Å². The molecule has 5 nitrogen and oxygen atoms in total. The first-order valence-electron chi connectivity index (χ1n) is 13.3. The quantitative estimate of drug-likeness (QED) is 0.323. The van der Waals surface area contributed by atoms with Crippen molar-refractivity contribution < 1.29 is 9.18 Å². The first-order chi connectivity index (χ1) is 17.5. The molecular weight excluding hydrogens is 451 g/mol. The van der Waals surface area contributed by atoms with Gasteiger partial charge in [0.05, 0.1) is 16.6 Å². The van der Waals surface area contributed by atoms with Crippen LogP contribution in [0.25, 0.3) is 21.9 Å². The Labute approximate surface area is 210 Å². The van der Waals surface area contributed by atoms with Gasteiger partial charge in [0.15, 0.2) is 0 Å². The van der Waals surface area contributed by atoms with Gasteiger partial charge in [0.2, 0.25) is 0 Å². The van der Waals surface area contributed by atoms with Gasteiger partial charge < -0.3 is 10.3 Å². The fraction of sp³-hybridized carbons (Fsp3) is 0.433. The van der Waals surface area contributed by atoms with Crippen LogP contribution in [0.2, 0.25) is 0 Å². The highest BCUT2D eigenvalue weighted by Crippen LogP contribution is 2.43. The summed E-state index contributed by atoms with van der Waals surface area (Å²) < 4.78 is 13.9. The molecule has 2 heterocycles. The second kappa shape index (κ2) is 9.30. The summed E-state index contributed by atoms with van der Waals surface area (Å²) in [5.74, 6) is 2.07. The minimum Gasteiger partial charge on any atom is -0.349 e. The Morgan fingerprint density at radius 2 is 1.89 bits per heavy atom. The number of hydrogen-bond acceptors (Lipinski definition) is 3. The molecular formula is C30H33FN4O. The lowest BCUT2D eigenvalue weighted by molar-refractivity contribution is 0.0917. The maximum absolute atomic E-state index is 13.9. The Kier molecular flexibility index (Phi) is 5.98. The highest BCUT2D eigenvalue weighted by molar-refractivity contribution is 5.98. The van der Waals surface area contributed by atoms with E-state index in [0.717, 1.165) is 71.8 Å². The Morgan fingerprint density at radius 1 is 1.08 bits per heavy atom. The van der Waals surface area contributed by atoms with Gasteiger partial charge in [0.1, 0.15) is 11.6 Å². The number of halogens is 1. The van der Waals surface area contributed by atoms with Gasteiger partial charge in [-0.2, -0.15) is 0 Å². The maximum Gasteiger partial charge on any atom is 0.251 e. The fourth-order valence-electron chi connectivity index (χ4n) is 6.13. The molecule has 2 aromatic heterocycles. The molecule has 6 heteroatoms. The Hall–Kier alpha value is -3.28. The van der Waals surface area contributed by atoms with E-state index >= 15 is 0 Å². The number of benzene rings is 2. The minimum absolute atomic E-state index is 0.00994. The Morgan fingerprint density at radius 3 is 2.64 bits per heavy atom. The summed E-state index contributed by atoms with van der Waals surface area (Å²) in [5.41, 5.74) is 5.71. The minimum atomic E-state index is -0.206. The lowest BCUT2D eigenvalue weighted by Crippen LogP contribution is -2.39. The number of rotatable bonds is 5. The zero-order valence-corrected chi connectivity index (χ0v) is 21.0. The van der Waals surface area contributed by atoms with Crippen LogP contribution in [0.1, 0.15) is 91.0 Å². The molecule has 2 fully saturated rings. The van der Waals surface area contributed by atoms with Gasteiger partial charge in [-0.05, 0) is 111 Å². The number of fused-ring (bicyclic) bond motifs is 2. The number of carbonyl (C=O) groups is 1. The number of aromatic amines is 1. The monoisotopic (exact) mass is 484 g/mol. The van der Waals surface area contributed by atoms with E-state index in [0.29, 0.717) is 29.4 Å². The lowest BCUT2D eigenvalue weighted by atomic mass is 9.73.